The van der Waals surface area contributed by atoms with Crippen molar-refractivity contribution >= 4 is 28.1 Å². The summed E-state index contributed by atoms with van der Waals surface area (Å²) in [5.41, 5.74) is 0.655. The van der Waals surface area contributed by atoms with Gasteiger partial charge in [-0.1, -0.05) is 11.8 Å². The molecule has 0 amide bonds. The van der Waals surface area contributed by atoms with Crippen LogP contribution in [0.5, 0.6) is 0 Å². The smallest absolute Gasteiger partial charge is 0.258 e. The molecule has 1 unspecified atom stereocenters. The SMILES string of the molecule is O=c1cc(CSc2nnc(-c3ccco3)n2CC2CCCO2)nc2sccn12. The highest BCUT2D eigenvalue weighted by Crippen LogP contribution is 2.28. The number of thiazole rings is 1. The molecule has 0 spiro atoms. The summed E-state index contributed by atoms with van der Waals surface area (Å²) in [4.78, 5) is 17.4. The molecular weight excluding hydrogens is 398 g/mol. The highest BCUT2D eigenvalue weighted by atomic mass is 32.2. The Hall–Kier alpha value is -2.43. The molecule has 1 atom stereocenters. The number of furan rings is 1. The van der Waals surface area contributed by atoms with Crippen molar-refractivity contribution in [1.29, 1.82) is 0 Å². The molecule has 0 aromatic carbocycles. The molecule has 28 heavy (non-hydrogen) atoms. The largest absolute Gasteiger partial charge is 0.461 e. The normalized spacial score (nSPS) is 16.9. The van der Waals surface area contributed by atoms with Crippen LogP contribution in [0, 0.1) is 0 Å². The zero-order valence-electron chi connectivity index (χ0n) is 14.9. The van der Waals surface area contributed by atoms with Gasteiger partial charge in [-0.25, -0.2) is 4.98 Å². The van der Waals surface area contributed by atoms with Crippen LogP contribution < -0.4 is 5.56 Å². The van der Waals surface area contributed by atoms with Gasteiger partial charge in [-0.15, -0.1) is 21.5 Å². The average molecular weight is 416 g/mol. The van der Waals surface area contributed by atoms with Crippen LogP contribution >= 0.6 is 23.1 Å². The first kappa shape index (κ1) is 17.7. The summed E-state index contributed by atoms with van der Waals surface area (Å²) in [7, 11) is 0. The van der Waals surface area contributed by atoms with Crippen molar-refractivity contribution in [1.82, 2.24) is 24.1 Å². The first-order valence-corrected chi connectivity index (χ1v) is 10.8. The lowest BCUT2D eigenvalue weighted by atomic mass is 10.2. The fraction of sp³-hybridized carbons (Fsp3) is 0.333. The molecule has 1 fully saturated rings. The van der Waals surface area contributed by atoms with E-state index in [9.17, 15) is 4.79 Å². The molecule has 5 rings (SSSR count). The summed E-state index contributed by atoms with van der Waals surface area (Å²) < 4.78 is 14.9. The molecule has 8 nitrogen and oxygen atoms in total. The van der Waals surface area contributed by atoms with Crippen LogP contribution in [0.3, 0.4) is 0 Å². The third-order valence-corrected chi connectivity index (χ3v) is 6.33. The summed E-state index contributed by atoms with van der Waals surface area (Å²) in [5.74, 6) is 1.89. The summed E-state index contributed by atoms with van der Waals surface area (Å²) in [6.45, 7) is 1.46. The number of hydrogen-bond donors (Lipinski definition) is 0. The summed E-state index contributed by atoms with van der Waals surface area (Å²) in [6, 6.07) is 5.28. The van der Waals surface area contributed by atoms with Gasteiger partial charge in [-0.2, -0.15) is 0 Å². The summed E-state index contributed by atoms with van der Waals surface area (Å²) in [6.07, 6.45) is 5.60. The Kier molecular flexibility index (Phi) is 4.75. The minimum atomic E-state index is -0.0704. The highest BCUT2D eigenvalue weighted by Gasteiger charge is 2.23. The van der Waals surface area contributed by atoms with E-state index in [0.717, 1.165) is 30.3 Å². The predicted molar refractivity (Wildman–Crippen MR) is 106 cm³/mol. The Morgan fingerprint density at radius 3 is 3.14 bits per heavy atom. The zero-order valence-corrected chi connectivity index (χ0v) is 16.5. The van der Waals surface area contributed by atoms with Crippen LogP contribution in [0.1, 0.15) is 18.5 Å². The molecule has 4 aromatic rings. The van der Waals surface area contributed by atoms with Crippen molar-refractivity contribution < 1.29 is 9.15 Å². The van der Waals surface area contributed by atoms with E-state index in [1.54, 1.807) is 22.9 Å². The molecule has 0 bridgehead atoms. The second-order valence-electron chi connectivity index (χ2n) is 6.46. The lowest BCUT2D eigenvalue weighted by molar-refractivity contribution is 0.0952. The van der Waals surface area contributed by atoms with Gasteiger partial charge in [0.1, 0.15) is 0 Å². The van der Waals surface area contributed by atoms with E-state index in [1.165, 1.54) is 23.1 Å². The molecule has 1 aliphatic heterocycles. The van der Waals surface area contributed by atoms with E-state index < -0.39 is 0 Å². The fourth-order valence-electron chi connectivity index (χ4n) is 3.24. The van der Waals surface area contributed by atoms with Gasteiger partial charge in [-0.05, 0) is 25.0 Å². The fourth-order valence-corrected chi connectivity index (χ4v) is 4.82. The molecule has 0 N–H and O–H groups in total. The van der Waals surface area contributed by atoms with Crippen molar-refractivity contribution in [3.63, 3.8) is 0 Å². The van der Waals surface area contributed by atoms with Crippen LogP contribution in [0.2, 0.25) is 0 Å². The standard InChI is InChI=1S/C18H17N5O3S2/c24-15-9-12(19-17-22(15)5-8-27-17)11-28-18-21-20-16(14-4-2-7-26-14)23(18)10-13-3-1-6-25-13/h2,4-5,7-9,13H,1,3,6,10-11H2. The maximum atomic E-state index is 12.2. The van der Waals surface area contributed by atoms with E-state index in [2.05, 4.69) is 15.2 Å². The van der Waals surface area contributed by atoms with E-state index in [4.69, 9.17) is 9.15 Å². The van der Waals surface area contributed by atoms with Gasteiger partial charge in [0.2, 0.25) is 5.82 Å². The van der Waals surface area contributed by atoms with Gasteiger partial charge >= 0.3 is 0 Å². The first-order chi connectivity index (χ1) is 13.8. The summed E-state index contributed by atoms with van der Waals surface area (Å²) in [5, 5.41) is 11.3. The van der Waals surface area contributed by atoms with Crippen molar-refractivity contribution in [2.45, 2.75) is 36.4 Å². The minimum Gasteiger partial charge on any atom is -0.461 e. The maximum absolute atomic E-state index is 12.2. The maximum Gasteiger partial charge on any atom is 0.258 e. The number of thioether (sulfide) groups is 1. The summed E-state index contributed by atoms with van der Waals surface area (Å²) >= 11 is 2.95. The molecule has 144 valence electrons. The van der Waals surface area contributed by atoms with E-state index in [0.29, 0.717) is 28.8 Å². The number of hydrogen-bond acceptors (Lipinski definition) is 8. The van der Waals surface area contributed by atoms with Crippen LogP contribution in [0.4, 0.5) is 0 Å². The second-order valence-corrected chi connectivity index (χ2v) is 8.27. The third kappa shape index (κ3) is 3.38. The van der Waals surface area contributed by atoms with E-state index in [-0.39, 0.29) is 11.7 Å². The number of fused-ring (bicyclic) bond motifs is 1. The number of nitrogens with zero attached hydrogens (tertiary/aromatic N) is 5. The molecular formula is C18H17N5O3S2. The Labute approximate surface area is 168 Å². The Morgan fingerprint density at radius 1 is 1.36 bits per heavy atom. The zero-order chi connectivity index (χ0) is 18.9. The Morgan fingerprint density at radius 2 is 2.32 bits per heavy atom. The van der Waals surface area contributed by atoms with Gasteiger partial charge in [0.25, 0.3) is 5.56 Å². The quantitative estimate of drug-likeness (QED) is 0.447. The predicted octanol–water partition coefficient (Wildman–Crippen LogP) is 3.08. The van der Waals surface area contributed by atoms with Gasteiger partial charge in [-0.3, -0.25) is 13.8 Å². The molecule has 5 heterocycles. The van der Waals surface area contributed by atoms with Gasteiger partial charge in [0.15, 0.2) is 15.9 Å². The lowest BCUT2D eigenvalue weighted by Gasteiger charge is -2.13. The van der Waals surface area contributed by atoms with Crippen molar-refractivity contribution in [2.24, 2.45) is 0 Å². The second kappa shape index (κ2) is 7.53. The van der Waals surface area contributed by atoms with Crippen molar-refractivity contribution in [2.75, 3.05) is 6.61 Å². The molecule has 10 heteroatoms. The molecule has 4 aromatic heterocycles. The highest BCUT2D eigenvalue weighted by molar-refractivity contribution is 7.98. The molecule has 1 aliphatic rings. The van der Waals surface area contributed by atoms with Gasteiger partial charge < -0.3 is 9.15 Å². The molecule has 1 saturated heterocycles. The number of ether oxygens (including phenoxy) is 1. The monoisotopic (exact) mass is 415 g/mol. The van der Waals surface area contributed by atoms with Crippen molar-refractivity contribution in [3.05, 3.63) is 52.1 Å². The van der Waals surface area contributed by atoms with Crippen molar-refractivity contribution in [3.8, 4) is 11.6 Å². The topological polar surface area (TPSA) is 87.5 Å². The van der Waals surface area contributed by atoms with E-state index in [1.807, 2.05) is 22.1 Å². The molecule has 0 aliphatic carbocycles. The Balaban J connectivity index is 1.42. The molecule has 0 radical (unpaired) electrons. The van der Waals surface area contributed by atoms with Gasteiger partial charge in [0, 0.05) is 30.0 Å². The van der Waals surface area contributed by atoms with Gasteiger partial charge in [0.05, 0.1) is 24.6 Å². The van der Waals surface area contributed by atoms with Crippen LogP contribution in [-0.2, 0) is 17.0 Å². The van der Waals surface area contributed by atoms with E-state index >= 15 is 0 Å². The third-order valence-electron chi connectivity index (χ3n) is 4.57. The lowest BCUT2D eigenvalue weighted by Crippen LogP contribution is -2.16. The minimum absolute atomic E-state index is 0.0704. The number of aromatic nitrogens is 5. The average Bonchev–Trinajstić information content (AvgIpc) is 3.47. The number of rotatable bonds is 6. The van der Waals surface area contributed by atoms with Crippen LogP contribution in [0.25, 0.3) is 16.5 Å². The van der Waals surface area contributed by atoms with Crippen LogP contribution in [0.15, 0.2) is 50.4 Å². The first-order valence-electron chi connectivity index (χ1n) is 8.95. The molecule has 0 saturated carbocycles. The van der Waals surface area contributed by atoms with Crippen LogP contribution in [-0.4, -0.2) is 36.9 Å². The Bertz CT molecular complexity index is 1140.